The number of hydrogen-bond acceptors (Lipinski definition) is 4. The van der Waals surface area contributed by atoms with Crippen molar-refractivity contribution in [3.05, 3.63) is 33.9 Å². The van der Waals surface area contributed by atoms with Gasteiger partial charge in [0.1, 0.15) is 11.7 Å². The number of nitro groups is 1. The second kappa shape index (κ2) is 5.26. The molecule has 0 aliphatic carbocycles. The number of nitrogens with zero attached hydrogens (tertiary/aromatic N) is 1. The fourth-order valence-electron chi connectivity index (χ4n) is 2.26. The molecule has 0 radical (unpaired) electrons. The molecule has 1 amide bonds. The Bertz CT molecular complexity index is 516. The maximum Gasteiger partial charge on any atom is 0.292 e. The van der Waals surface area contributed by atoms with Crippen LogP contribution in [0, 0.1) is 23.0 Å². The lowest BCUT2D eigenvalue weighted by Gasteiger charge is -2.29. The van der Waals surface area contributed by atoms with E-state index in [2.05, 4.69) is 10.6 Å². The largest absolute Gasteiger partial charge is 0.368 e. The third-order valence-corrected chi connectivity index (χ3v) is 3.41. The lowest BCUT2D eigenvalue weighted by Crippen LogP contribution is -2.49. The normalized spacial score (nSPS) is 22.7. The van der Waals surface area contributed by atoms with Gasteiger partial charge in [-0.1, -0.05) is 13.0 Å². The van der Waals surface area contributed by atoms with Crippen molar-refractivity contribution in [2.45, 2.75) is 26.3 Å². The van der Waals surface area contributed by atoms with Crippen molar-refractivity contribution in [2.24, 2.45) is 5.92 Å². The first-order valence-electron chi connectivity index (χ1n) is 6.28. The van der Waals surface area contributed by atoms with E-state index in [0.29, 0.717) is 12.2 Å². The number of piperidine rings is 1. The van der Waals surface area contributed by atoms with Crippen molar-refractivity contribution in [3.8, 4) is 0 Å². The zero-order valence-electron chi connectivity index (χ0n) is 11.0. The van der Waals surface area contributed by atoms with E-state index in [-0.39, 0.29) is 17.5 Å². The Morgan fingerprint density at radius 2 is 2.21 bits per heavy atom. The Morgan fingerprint density at radius 3 is 2.84 bits per heavy atom. The molecule has 0 spiro atoms. The molecule has 0 aromatic heterocycles. The molecule has 0 saturated carbocycles. The number of carbonyl (C=O) groups excluding carboxylic acids is 1. The van der Waals surface area contributed by atoms with Gasteiger partial charge in [-0.05, 0) is 30.9 Å². The molecule has 102 valence electrons. The van der Waals surface area contributed by atoms with Gasteiger partial charge >= 0.3 is 0 Å². The molecule has 6 nitrogen and oxygen atoms in total. The molecule has 2 atom stereocenters. The molecule has 1 aromatic rings. The quantitative estimate of drug-likeness (QED) is 0.643. The Labute approximate surface area is 111 Å². The van der Waals surface area contributed by atoms with Gasteiger partial charge in [0.05, 0.1) is 4.92 Å². The van der Waals surface area contributed by atoms with Crippen molar-refractivity contribution >= 4 is 17.3 Å². The third kappa shape index (κ3) is 2.83. The summed E-state index contributed by atoms with van der Waals surface area (Å²) in [6.45, 7) is 4.49. The van der Waals surface area contributed by atoms with Crippen LogP contribution in [0.5, 0.6) is 0 Å². The fourth-order valence-corrected chi connectivity index (χ4v) is 2.26. The molecule has 1 heterocycles. The number of nitro benzene ring substituents is 1. The lowest BCUT2D eigenvalue weighted by atomic mass is 9.93. The highest BCUT2D eigenvalue weighted by Crippen LogP contribution is 2.28. The van der Waals surface area contributed by atoms with Crippen LogP contribution in [-0.2, 0) is 4.79 Å². The summed E-state index contributed by atoms with van der Waals surface area (Å²) in [6, 6.07) is 4.43. The van der Waals surface area contributed by atoms with Crippen molar-refractivity contribution < 1.29 is 9.72 Å². The van der Waals surface area contributed by atoms with E-state index < -0.39 is 11.0 Å². The van der Waals surface area contributed by atoms with Gasteiger partial charge < -0.3 is 10.6 Å². The number of carbonyl (C=O) groups is 1. The standard InChI is InChI=1S/C13H17N3O3/c1-8-3-4-11(16(18)19)10(7-8)15-12-9(2)5-6-14-13(12)17/h3-4,7,9,12,15H,5-6H2,1-2H3,(H,14,17)/t9-,12+/m0/s1. The summed E-state index contributed by atoms with van der Waals surface area (Å²) in [5, 5.41) is 16.8. The number of amides is 1. The maximum atomic E-state index is 11.8. The number of rotatable bonds is 3. The van der Waals surface area contributed by atoms with E-state index in [0.717, 1.165) is 12.0 Å². The van der Waals surface area contributed by atoms with E-state index in [1.54, 1.807) is 12.1 Å². The predicted octanol–water partition coefficient (Wildman–Crippen LogP) is 1.84. The molecule has 0 bridgehead atoms. The van der Waals surface area contributed by atoms with Crippen molar-refractivity contribution in [1.29, 1.82) is 0 Å². The van der Waals surface area contributed by atoms with Crippen LogP contribution < -0.4 is 10.6 Å². The minimum Gasteiger partial charge on any atom is -0.368 e. The second-order valence-corrected chi connectivity index (χ2v) is 4.96. The van der Waals surface area contributed by atoms with Gasteiger partial charge in [0, 0.05) is 12.6 Å². The molecule has 0 unspecified atom stereocenters. The summed E-state index contributed by atoms with van der Waals surface area (Å²) in [5.74, 6) is 0.0448. The first-order chi connectivity index (χ1) is 8.99. The monoisotopic (exact) mass is 263 g/mol. The van der Waals surface area contributed by atoms with E-state index in [1.165, 1.54) is 6.07 Å². The minimum atomic E-state index is -0.437. The summed E-state index contributed by atoms with van der Waals surface area (Å²) >= 11 is 0. The Kier molecular flexibility index (Phi) is 3.69. The summed E-state index contributed by atoms with van der Waals surface area (Å²) in [5.41, 5.74) is 1.31. The molecule has 1 saturated heterocycles. The molecule has 2 N–H and O–H groups in total. The van der Waals surface area contributed by atoms with Crippen LogP contribution in [0.25, 0.3) is 0 Å². The average Bonchev–Trinajstić information content (AvgIpc) is 2.33. The molecule has 19 heavy (non-hydrogen) atoms. The van der Waals surface area contributed by atoms with Gasteiger partial charge in [-0.25, -0.2) is 0 Å². The van der Waals surface area contributed by atoms with Gasteiger partial charge in [0.25, 0.3) is 5.69 Å². The van der Waals surface area contributed by atoms with Gasteiger partial charge in [-0.15, -0.1) is 0 Å². The molecule has 1 aliphatic heterocycles. The summed E-state index contributed by atoms with van der Waals surface area (Å²) in [4.78, 5) is 22.4. The Balaban J connectivity index is 2.29. The summed E-state index contributed by atoms with van der Waals surface area (Å²) in [6.07, 6.45) is 0.864. The topological polar surface area (TPSA) is 84.3 Å². The van der Waals surface area contributed by atoms with Gasteiger partial charge in [-0.2, -0.15) is 0 Å². The smallest absolute Gasteiger partial charge is 0.292 e. The van der Waals surface area contributed by atoms with E-state index in [1.807, 2.05) is 13.8 Å². The Hall–Kier alpha value is -2.11. The maximum absolute atomic E-state index is 11.8. The number of anilines is 1. The van der Waals surface area contributed by atoms with Gasteiger partial charge in [0.15, 0.2) is 0 Å². The van der Waals surface area contributed by atoms with Crippen LogP contribution in [0.3, 0.4) is 0 Å². The Morgan fingerprint density at radius 1 is 1.47 bits per heavy atom. The number of aryl methyl sites for hydroxylation is 1. The summed E-state index contributed by atoms with van der Waals surface area (Å²) in [7, 11) is 0. The first-order valence-corrected chi connectivity index (χ1v) is 6.28. The van der Waals surface area contributed by atoms with E-state index in [9.17, 15) is 14.9 Å². The fraction of sp³-hybridized carbons (Fsp3) is 0.462. The van der Waals surface area contributed by atoms with E-state index in [4.69, 9.17) is 0 Å². The van der Waals surface area contributed by atoms with Crippen LogP contribution in [-0.4, -0.2) is 23.4 Å². The average molecular weight is 263 g/mol. The zero-order chi connectivity index (χ0) is 14.0. The molecular weight excluding hydrogens is 246 g/mol. The highest BCUT2D eigenvalue weighted by molar-refractivity contribution is 5.86. The van der Waals surface area contributed by atoms with Crippen molar-refractivity contribution in [3.63, 3.8) is 0 Å². The van der Waals surface area contributed by atoms with Crippen molar-refractivity contribution in [1.82, 2.24) is 5.32 Å². The highest BCUT2D eigenvalue weighted by Gasteiger charge is 2.30. The second-order valence-electron chi connectivity index (χ2n) is 4.96. The number of hydrogen-bond donors (Lipinski definition) is 2. The molecule has 1 aliphatic rings. The number of nitrogens with one attached hydrogen (secondary N) is 2. The van der Waals surface area contributed by atoms with Crippen LogP contribution in [0.15, 0.2) is 18.2 Å². The van der Waals surface area contributed by atoms with Crippen LogP contribution in [0.2, 0.25) is 0 Å². The molecule has 1 aromatic carbocycles. The van der Waals surface area contributed by atoms with Crippen molar-refractivity contribution in [2.75, 3.05) is 11.9 Å². The zero-order valence-corrected chi connectivity index (χ0v) is 11.0. The van der Waals surface area contributed by atoms with E-state index >= 15 is 0 Å². The van der Waals surface area contributed by atoms with Gasteiger partial charge in [-0.3, -0.25) is 14.9 Å². The first kappa shape index (κ1) is 13.3. The highest BCUT2D eigenvalue weighted by atomic mass is 16.6. The van der Waals surface area contributed by atoms with Crippen LogP contribution in [0.4, 0.5) is 11.4 Å². The van der Waals surface area contributed by atoms with Crippen LogP contribution in [0.1, 0.15) is 18.9 Å². The SMILES string of the molecule is Cc1ccc([N+](=O)[O-])c(N[C@H]2C(=O)NCC[C@@H]2C)c1. The molecule has 2 rings (SSSR count). The minimum absolute atomic E-state index is 0.00354. The number of benzene rings is 1. The predicted molar refractivity (Wildman–Crippen MR) is 72.0 cm³/mol. The summed E-state index contributed by atoms with van der Waals surface area (Å²) < 4.78 is 0. The third-order valence-electron chi connectivity index (χ3n) is 3.41. The molecule has 6 heteroatoms. The molecular formula is C13H17N3O3. The molecule has 1 fully saturated rings. The van der Waals surface area contributed by atoms with Gasteiger partial charge in [0.2, 0.25) is 5.91 Å². The lowest BCUT2D eigenvalue weighted by molar-refractivity contribution is -0.384. The van der Waals surface area contributed by atoms with Crippen LogP contribution >= 0.6 is 0 Å².